The van der Waals surface area contributed by atoms with Gasteiger partial charge in [0.2, 0.25) is 0 Å². The highest BCUT2D eigenvalue weighted by Crippen LogP contribution is 2.31. The third-order valence-corrected chi connectivity index (χ3v) is 6.86. The minimum atomic E-state index is 0.735. The minimum Gasteiger partial charge on any atom is -0.497 e. The van der Waals surface area contributed by atoms with E-state index in [2.05, 4.69) is 39.0 Å². The number of methoxy groups -OCH3 is 2. The summed E-state index contributed by atoms with van der Waals surface area (Å²) in [7, 11) is 3.55. The van der Waals surface area contributed by atoms with E-state index in [1.54, 1.807) is 7.11 Å². The molecule has 0 unspecified atom stereocenters. The molecule has 4 aliphatic heterocycles. The molecule has 5 nitrogen and oxygen atoms in total. The first-order valence-corrected chi connectivity index (χ1v) is 10.6. The van der Waals surface area contributed by atoms with Gasteiger partial charge < -0.3 is 14.4 Å². The number of hydrogen-bond acceptors (Lipinski definition) is 5. The lowest BCUT2D eigenvalue weighted by molar-refractivity contribution is 0.0846. The second kappa shape index (κ2) is 8.80. The van der Waals surface area contributed by atoms with Crippen LogP contribution in [0.15, 0.2) is 24.3 Å². The van der Waals surface area contributed by atoms with Crippen LogP contribution in [-0.2, 0) is 4.74 Å². The minimum absolute atomic E-state index is 0.735. The summed E-state index contributed by atoms with van der Waals surface area (Å²) in [5.41, 5.74) is 1.33. The summed E-state index contributed by atoms with van der Waals surface area (Å²) in [6.45, 7) is 8.12. The molecule has 0 amide bonds. The van der Waals surface area contributed by atoms with Gasteiger partial charge in [-0.05, 0) is 55.9 Å². The molecule has 0 saturated carbocycles. The van der Waals surface area contributed by atoms with Crippen LogP contribution < -0.4 is 9.64 Å². The van der Waals surface area contributed by atoms with Gasteiger partial charge in [0.25, 0.3) is 0 Å². The van der Waals surface area contributed by atoms with Gasteiger partial charge >= 0.3 is 0 Å². The van der Waals surface area contributed by atoms with Gasteiger partial charge in [0, 0.05) is 64.1 Å². The average molecular weight is 374 g/mol. The highest BCUT2D eigenvalue weighted by molar-refractivity contribution is 5.49. The summed E-state index contributed by atoms with van der Waals surface area (Å²) < 4.78 is 10.6. The Kier molecular flexibility index (Phi) is 6.21. The van der Waals surface area contributed by atoms with Crippen LogP contribution in [0.3, 0.4) is 0 Å². The molecule has 4 heterocycles. The maximum absolute atomic E-state index is 5.34. The van der Waals surface area contributed by atoms with Gasteiger partial charge in [-0.15, -0.1) is 0 Å². The number of hydrogen-bond donors (Lipinski definition) is 0. The number of fused-ring (bicyclic) bond motifs is 4. The van der Waals surface area contributed by atoms with Crippen molar-refractivity contribution in [3.8, 4) is 5.75 Å². The molecule has 1 aromatic carbocycles. The molecule has 27 heavy (non-hydrogen) atoms. The number of anilines is 1. The van der Waals surface area contributed by atoms with Gasteiger partial charge in [-0.1, -0.05) is 0 Å². The summed E-state index contributed by atoms with van der Waals surface area (Å²) in [6, 6.07) is 10.0. The molecule has 4 aliphatic rings. The molecule has 5 rings (SSSR count). The summed E-state index contributed by atoms with van der Waals surface area (Å²) in [5.74, 6) is 1.78. The van der Waals surface area contributed by atoms with Crippen LogP contribution in [0.4, 0.5) is 5.69 Å². The van der Waals surface area contributed by atoms with Crippen molar-refractivity contribution in [2.24, 2.45) is 5.92 Å². The zero-order chi connectivity index (χ0) is 18.6. The second-order valence-corrected chi connectivity index (χ2v) is 8.46. The molecule has 4 saturated heterocycles. The second-order valence-electron chi connectivity index (χ2n) is 8.46. The maximum atomic E-state index is 5.34. The Morgan fingerprint density at radius 1 is 0.889 bits per heavy atom. The van der Waals surface area contributed by atoms with Crippen LogP contribution in [-0.4, -0.2) is 82.0 Å². The molecular weight excluding hydrogens is 338 g/mol. The highest BCUT2D eigenvalue weighted by Gasteiger charge is 2.37. The Balaban J connectivity index is 1.33. The van der Waals surface area contributed by atoms with Gasteiger partial charge in [0.15, 0.2) is 0 Å². The van der Waals surface area contributed by atoms with E-state index < -0.39 is 0 Å². The van der Waals surface area contributed by atoms with Crippen molar-refractivity contribution < 1.29 is 9.47 Å². The van der Waals surface area contributed by atoms with Gasteiger partial charge in [0.1, 0.15) is 5.75 Å². The number of piperidine rings is 2. The van der Waals surface area contributed by atoms with Crippen molar-refractivity contribution in [2.45, 2.75) is 37.8 Å². The Labute approximate surface area is 164 Å². The number of ether oxygens (including phenoxy) is 2. The molecule has 2 atom stereocenters. The summed E-state index contributed by atoms with van der Waals surface area (Å²) >= 11 is 0. The number of benzene rings is 1. The number of nitrogens with zero attached hydrogens (tertiary/aromatic N) is 3. The van der Waals surface area contributed by atoms with E-state index >= 15 is 0 Å². The van der Waals surface area contributed by atoms with Crippen LogP contribution in [0, 0.1) is 5.92 Å². The topological polar surface area (TPSA) is 28.2 Å². The lowest BCUT2D eigenvalue weighted by Crippen LogP contribution is -2.48. The van der Waals surface area contributed by atoms with Crippen molar-refractivity contribution in [3.63, 3.8) is 0 Å². The van der Waals surface area contributed by atoms with Gasteiger partial charge in [-0.25, -0.2) is 0 Å². The van der Waals surface area contributed by atoms with E-state index in [9.17, 15) is 0 Å². The summed E-state index contributed by atoms with van der Waals surface area (Å²) in [6.07, 6.45) is 5.35. The average Bonchev–Trinajstić information content (AvgIpc) is 3.04. The molecule has 0 aromatic heterocycles. The van der Waals surface area contributed by atoms with Crippen LogP contribution in [0.5, 0.6) is 5.75 Å². The van der Waals surface area contributed by atoms with Crippen LogP contribution in [0.1, 0.15) is 25.7 Å². The zero-order valence-electron chi connectivity index (χ0n) is 17.0. The van der Waals surface area contributed by atoms with Crippen LogP contribution in [0.25, 0.3) is 0 Å². The molecule has 4 fully saturated rings. The smallest absolute Gasteiger partial charge is 0.119 e. The van der Waals surface area contributed by atoms with Crippen LogP contribution in [0.2, 0.25) is 0 Å². The molecule has 2 bridgehead atoms. The molecule has 5 heteroatoms. The van der Waals surface area contributed by atoms with E-state index in [1.807, 2.05) is 7.11 Å². The van der Waals surface area contributed by atoms with Crippen molar-refractivity contribution in [3.05, 3.63) is 24.3 Å². The van der Waals surface area contributed by atoms with Gasteiger partial charge in [-0.2, -0.15) is 0 Å². The van der Waals surface area contributed by atoms with E-state index in [0.29, 0.717) is 0 Å². The van der Waals surface area contributed by atoms with E-state index in [1.165, 1.54) is 51.0 Å². The zero-order valence-corrected chi connectivity index (χ0v) is 17.0. The SMILES string of the molecule is COCCN1C[C@@H]2CC[C@H]1CN(C1CCN(c3ccc(OC)cc3)CC1)C2. The van der Waals surface area contributed by atoms with E-state index in [4.69, 9.17) is 9.47 Å². The lowest BCUT2D eigenvalue weighted by Gasteiger charge is -2.40. The fourth-order valence-electron chi connectivity index (χ4n) is 5.28. The van der Waals surface area contributed by atoms with Crippen molar-refractivity contribution in [2.75, 3.05) is 65.0 Å². The van der Waals surface area contributed by atoms with Crippen molar-refractivity contribution >= 4 is 5.69 Å². The van der Waals surface area contributed by atoms with Gasteiger partial charge in [-0.3, -0.25) is 9.80 Å². The molecule has 150 valence electrons. The molecule has 0 radical (unpaired) electrons. The lowest BCUT2D eigenvalue weighted by atomic mass is 9.95. The molecule has 0 aliphatic carbocycles. The Bertz CT molecular complexity index is 586. The predicted octanol–water partition coefficient (Wildman–Crippen LogP) is 2.71. The van der Waals surface area contributed by atoms with Crippen molar-refractivity contribution in [1.82, 2.24) is 9.80 Å². The fourth-order valence-corrected chi connectivity index (χ4v) is 5.28. The standard InChI is InChI=1S/C22H35N3O2/c1-26-14-13-24-15-18-3-4-21(24)17-25(16-18)20-9-11-23(12-10-20)19-5-7-22(27-2)8-6-19/h5-8,18,20-21H,3-4,9-17H2,1-2H3/t18-,21-/m0/s1. The molecule has 0 spiro atoms. The molecular formula is C22H35N3O2. The first kappa shape index (κ1) is 19.0. The fraction of sp³-hybridized carbons (Fsp3) is 0.727. The highest BCUT2D eigenvalue weighted by atomic mass is 16.5. The summed E-state index contributed by atoms with van der Waals surface area (Å²) in [5, 5.41) is 0. The molecule has 1 aromatic rings. The predicted molar refractivity (Wildman–Crippen MR) is 110 cm³/mol. The summed E-state index contributed by atoms with van der Waals surface area (Å²) in [4.78, 5) is 8.07. The molecule has 0 N–H and O–H groups in total. The Hall–Kier alpha value is -1.30. The Morgan fingerprint density at radius 3 is 2.37 bits per heavy atom. The monoisotopic (exact) mass is 373 g/mol. The Morgan fingerprint density at radius 2 is 1.67 bits per heavy atom. The van der Waals surface area contributed by atoms with Crippen LogP contribution >= 0.6 is 0 Å². The van der Waals surface area contributed by atoms with Gasteiger partial charge in [0.05, 0.1) is 13.7 Å². The van der Waals surface area contributed by atoms with E-state index in [-0.39, 0.29) is 0 Å². The largest absolute Gasteiger partial charge is 0.497 e. The number of rotatable bonds is 6. The van der Waals surface area contributed by atoms with Crippen molar-refractivity contribution in [1.29, 1.82) is 0 Å². The first-order valence-electron chi connectivity index (χ1n) is 10.6. The maximum Gasteiger partial charge on any atom is 0.119 e. The normalized spacial score (nSPS) is 27.7. The quantitative estimate of drug-likeness (QED) is 0.765. The third-order valence-electron chi connectivity index (χ3n) is 6.86. The third kappa shape index (κ3) is 4.41. The van der Waals surface area contributed by atoms with E-state index in [0.717, 1.165) is 50.0 Å². The first-order chi connectivity index (χ1) is 13.3.